The van der Waals surface area contributed by atoms with Gasteiger partial charge in [-0.25, -0.2) is 9.97 Å². The summed E-state index contributed by atoms with van der Waals surface area (Å²) in [7, 11) is 0. The predicted molar refractivity (Wildman–Crippen MR) is 112 cm³/mol. The van der Waals surface area contributed by atoms with Crippen molar-refractivity contribution < 1.29 is 9.47 Å². The van der Waals surface area contributed by atoms with Gasteiger partial charge in [-0.1, -0.05) is 6.07 Å². The van der Waals surface area contributed by atoms with Gasteiger partial charge in [0.1, 0.15) is 5.82 Å². The Morgan fingerprint density at radius 2 is 1.79 bits per heavy atom. The van der Waals surface area contributed by atoms with Crippen molar-refractivity contribution in [3.8, 4) is 11.5 Å². The van der Waals surface area contributed by atoms with Gasteiger partial charge in [0.25, 0.3) is 0 Å². The number of aromatic nitrogens is 2. The summed E-state index contributed by atoms with van der Waals surface area (Å²) in [6.07, 6.45) is 2.13. The Labute approximate surface area is 172 Å². The number of ether oxygens (including phenoxy) is 2. The van der Waals surface area contributed by atoms with Crippen LogP contribution in [0.1, 0.15) is 37.9 Å². The van der Waals surface area contributed by atoms with Crippen LogP contribution in [-0.4, -0.2) is 47.2 Å². The second-order valence-corrected chi connectivity index (χ2v) is 7.34. The third-order valence-electron chi connectivity index (χ3n) is 4.78. The fourth-order valence-electron chi connectivity index (χ4n) is 3.50. The molecule has 0 radical (unpaired) electrons. The van der Waals surface area contributed by atoms with E-state index in [1.807, 2.05) is 32.9 Å². The molecule has 0 bridgehead atoms. The van der Waals surface area contributed by atoms with Gasteiger partial charge in [-0.3, -0.25) is 4.90 Å². The molecule has 7 heteroatoms. The molecule has 1 aliphatic rings. The average molecular weight is 405 g/mol. The van der Waals surface area contributed by atoms with E-state index < -0.39 is 0 Å². The highest BCUT2D eigenvalue weighted by Crippen LogP contribution is 2.29. The Bertz CT molecular complexity index is 759. The Kier molecular flexibility index (Phi) is 7.34. The summed E-state index contributed by atoms with van der Waals surface area (Å²) in [6.45, 7) is 10.2. The van der Waals surface area contributed by atoms with Crippen LogP contribution in [0.4, 0.5) is 5.82 Å². The molecule has 1 aromatic heterocycles. The number of rotatable bonds is 8. The van der Waals surface area contributed by atoms with Crippen LogP contribution in [0.25, 0.3) is 0 Å². The Morgan fingerprint density at radius 1 is 1.07 bits per heavy atom. The molecule has 3 rings (SSSR count). The highest BCUT2D eigenvalue weighted by molar-refractivity contribution is 6.28. The van der Waals surface area contributed by atoms with Gasteiger partial charge in [0, 0.05) is 37.4 Å². The molecule has 1 saturated heterocycles. The van der Waals surface area contributed by atoms with Gasteiger partial charge in [-0.15, -0.1) is 0 Å². The maximum absolute atomic E-state index is 5.96. The average Bonchev–Trinajstić information content (AvgIpc) is 2.65. The monoisotopic (exact) mass is 404 g/mol. The van der Waals surface area contributed by atoms with E-state index in [0.717, 1.165) is 55.5 Å². The van der Waals surface area contributed by atoms with Crippen molar-refractivity contribution in [3.05, 3.63) is 40.8 Å². The Balaban J connectivity index is 1.54. The minimum absolute atomic E-state index is 0.292. The molecule has 1 aromatic carbocycles. The van der Waals surface area contributed by atoms with E-state index in [-0.39, 0.29) is 0 Å². The van der Waals surface area contributed by atoms with Crippen LogP contribution >= 0.6 is 11.6 Å². The van der Waals surface area contributed by atoms with E-state index in [1.54, 1.807) is 0 Å². The zero-order valence-corrected chi connectivity index (χ0v) is 17.6. The number of anilines is 1. The molecule has 28 heavy (non-hydrogen) atoms. The van der Waals surface area contributed by atoms with E-state index >= 15 is 0 Å². The topological polar surface area (TPSA) is 59.5 Å². The highest BCUT2D eigenvalue weighted by Gasteiger charge is 2.20. The quantitative estimate of drug-likeness (QED) is 0.661. The smallest absolute Gasteiger partial charge is 0.224 e. The van der Waals surface area contributed by atoms with Crippen LogP contribution in [0.3, 0.4) is 0 Å². The molecule has 6 nitrogen and oxygen atoms in total. The van der Waals surface area contributed by atoms with Crippen LogP contribution in [0.5, 0.6) is 11.5 Å². The van der Waals surface area contributed by atoms with Gasteiger partial charge < -0.3 is 14.8 Å². The lowest BCUT2D eigenvalue weighted by atomic mass is 10.0. The van der Waals surface area contributed by atoms with Gasteiger partial charge in [0.2, 0.25) is 5.28 Å². The van der Waals surface area contributed by atoms with Crippen molar-refractivity contribution in [2.45, 2.75) is 46.2 Å². The lowest BCUT2D eigenvalue weighted by Gasteiger charge is -2.32. The summed E-state index contributed by atoms with van der Waals surface area (Å²) >= 11 is 5.96. The normalized spacial score (nSPS) is 15.4. The number of hydrogen-bond acceptors (Lipinski definition) is 6. The molecule has 0 atom stereocenters. The highest BCUT2D eigenvalue weighted by atomic mass is 35.5. The number of halogens is 1. The van der Waals surface area contributed by atoms with Gasteiger partial charge >= 0.3 is 0 Å². The van der Waals surface area contributed by atoms with Gasteiger partial charge in [-0.2, -0.15) is 0 Å². The zero-order chi connectivity index (χ0) is 19.9. The number of piperidine rings is 1. The fourth-order valence-corrected chi connectivity index (χ4v) is 3.73. The molecular formula is C21H29ClN4O2. The largest absolute Gasteiger partial charge is 0.490 e. The summed E-state index contributed by atoms with van der Waals surface area (Å²) in [5.74, 6) is 2.45. The van der Waals surface area contributed by atoms with E-state index in [4.69, 9.17) is 21.1 Å². The van der Waals surface area contributed by atoms with Gasteiger partial charge in [-0.05, 0) is 62.9 Å². The first-order valence-electron chi connectivity index (χ1n) is 9.96. The molecule has 2 heterocycles. The number of nitrogens with zero attached hydrogens (tertiary/aromatic N) is 3. The molecule has 0 amide bonds. The summed E-state index contributed by atoms with van der Waals surface area (Å²) in [4.78, 5) is 10.9. The summed E-state index contributed by atoms with van der Waals surface area (Å²) in [6, 6.07) is 8.58. The number of nitrogens with one attached hydrogen (secondary N) is 1. The minimum Gasteiger partial charge on any atom is -0.490 e. The van der Waals surface area contributed by atoms with Crippen molar-refractivity contribution in [2.75, 3.05) is 31.6 Å². The van der Waals surface area contributed by atoms with Crippen molar-refractivity contribution in [3.63, 3.8) is 0 Å². The molecular weight excluding hydrogens is 376 g/mol. The lowest BCUT2D eigenvalue weighted by molar-refractivity contribution is 0.210. The van der Waals surface area contributed by atoms with E-state index in [1.165, 1.54) is 5.56 Å². The first-order chi connectivity index (χ1) is 13.6. The standard InChI is InChI=1S/C21H29ClN4O2/c1-4-27-18-7-6-16(13-19(18)28-5-2)14-26-10-8-17(9-11-26)24-20-12-15(3)23-21(22)25-20/h6-7,12-13,17H,4-5,8-11,14H2,1-3H3,(H,23,24,25). The third-order valence-corrected chi connectivity index (χ3v) is 4.95. The number of benzene rings is 1. The van der Waals surface area contributed by atoms with Crippen molar-refractivity contribution in [1.82, 2.24) is 14.9 Å². The number of aryl methyl sites for hydroxylation is 1. The molecule has 152 valence electrons. The summed E-state index contributed by atoms with van der Waals surface area (Å²) in [5.41, 5.74) is 2.12. The zero-order valence-electron chi connectivity index (χ0n) is 16.9. The maximum Gasteiger partial charge on any atom is 0.224 e. The Hall–Kier alpha value is -2.05. The molecule has 1 N–H and O–H groups in total. The predicted octanol–water partition coefficient (Wildman–Crippen LogP) is 4.31. The van der Waals surface area contributed by atoms with Crippen LogP contribution in [0.2, 0.25) is 5.28 Å². The third kappa shape index (κ3) is 5.72. The first-order valence-corrected chi connectivity index (χ1v) is 10.3. The van der Waals surface area contributed by atoms with E-state index in [0.29, 0.717) is 24.5 Å². The fraction of sp³-hybridized carbons (Fsp3) is 0.524. The molecule has 0 saturated carbocycles. The van der Waals surface area contributed by atoms with Crippen LogP contribution in [0.15, 0.2) is 24.3 Å². The summed E-state index contributed by atoms with van der Waals surface area (Å²) < 4.78 is 11.4. The first kappa shape index (κ1) is 20.7. The molecule has 2 aromatic rings. The molecule has 0 spiro atoms. The number of likely N-dealkylation sites (tertiary alicyclic amines) is 1. The summed E-state index contributed by atoms with van der Waals surface area (Å²) in [5, 5.41) is 3.79. The minimum atomic E-state index is 0.292. The van der Waals surface area contributed by atoms with Crippen LogP contribution < -0.4 is 14.8 Å². The second-order valence-electron chi connectivity index (χ2n) is 7.01. The SMILES string of the molecule is CCOc1ccc(CN2CCC(Nc3cc(C)nc(Cl)n3)CC2)cc1OCC. The van der Waals surface area contributed by atoms with Crippen molar-refractivity contribution in [2.24, 2.45) is 0 Å². The maximum atomic E-state index is 5.96. The second kappa shape index (κ2) is 9.94. The van der Waals surface area contributed by atoms with E-state index in [2.05, 4.69) is 32.3 Å². The van der Waals surface area contributed by atoms with Crippen molar-refractivity contribution in [1.29, 1.82) is 0 Å². The van der Waals surface area contributed by atoms with Gasteiger partial charge in [0.15, 0.2) is 11.5 Å². The van der Waals surface area contributed by atoms with Crippen molar-refractivity contribution >= 4 is 17.4 Å². The van der Waals surface area contributed by atoms with Crippen LogP contribution in [0, 0.1) is 6.92 Å². The molecule has 1 fully saturated rings. The van der Waals surface area contributed by atoms with Crippen LogP contribution in [-0.2, 0) is 6.54 Å². The Morgan fingerprint density at radius 3 is 2.46 bits per heavy atom. The van der Waals surface area contributed by atoms with Gasteiger partial charge in [0.05, 0.1) is 13.2 Å². The lowest BCUT2D eigenvalue weighted by Crippen LogP contribution is -2.38. The molecule has 0 aliphatic carbocycles. The van der Waals surface area contributed by atoms with E-state index in [9.17, 15) is 0 Å². The molecule has 0 unspecified atom stereocenters. The molecule has 1 aliphatic heterocycles. The number of hydrogen-bond donors (Lipinski definition) is 1.